The summed E-state index contributed by atoms with van der Waals surface area (Å²) in [5, 5.41) is 13.1. The summed E-state index contributed by atoms with van der Waals surface area (Å²) in [6.07, 6.45) is 0.687. The molecule has 1 amide bonds. The number of ketones is 1. The van der Waals surface area contributed by atoms with Crippen molar-refractivity contribution in [1.29, 1.82) is 0 Å². The second-order valence-electron chi connectivity index (χ2n) is 8.09. The van der Waals surface area contributed by atoms with Crippen LogP contribution in [0.15, 0.2) is 35.2 Å². The molecule has 0 radical (unpaired) electrons. The van der Waals surface area contributed by atoms with Gasteiger partial charge in [-0.1, -0.05) is 0 Å². The Kier molecular flexibility index (Phi) is 6.53. The zero-order valence-corrected chi connectivity index (χ0v) is 19.2. The zero-order valence-electron chi connectivity index (χ0n) is 18.4. The first-order chi connectivity index (χ1) is 15.4. The van der Waals surface area contributed by atoms with E-state index in [1.807, 2.05) is 32.2 Å². The fourth-order valence-electron chi connectivity index (χ4n) is 3.95. The van der Waals surface area contributed by atoms with E-state index in [1.54, 1.807) is 23.1 Å². The SMILES string of the molecule is Cc1ccsc1C1/C(=C(/O)c2ccc3c(c2)OCCO3)C(=O)C(=O)N1CCCOC(C)C. The number of ether oxygens (including phenoxy) is 3. The molecule has 8 heteroatoms. The van der Waals surface area contributed by atoms with Gasteiger partial charge in [-0.05, 0) is 62.4 Å². The summed E-state index contributed by atoms with van der Waals surface area (Å²) in [4.78, 5) is 28.5. The number of rotatable bonds is 7. The Balaban J connectivity index is 1.72. The third kappa shape index (κ3) is 4.25. The van der Waals surface area contributed by atoms with Crippen molar-refractivity contribution in [1.82, 2.24) is 4.90 Å². The predicted octanol–water partition coefficient (Wildman–Crippen LogP) is 4.06. The molecule has 0 bridgehead atoms. The molecule has 1 unspecified atom stereocenters. The maximum absolute atomic E-state index is 13.1. The molecule has 2 aliphatic rings. The fraction of sp³-hybridized carbons (Fsp3) is 0.417. The fourth-order valence-corrected chi connectivity index (χ4v) is 4.99. The number of fused-ring (bicyclic) bond motifs is 1. The average Bonchev–Trinajstić information content (AvgIpc) is 3.31. The van der Waals surface area contributed by atoms with Crippen LogP contribution in [0.25, 0.3) is 5.76 Å². The molecular formula is C24H27NO6S. The number of aliphatic hydroxyl groups is 1. The van der Waals surface area contributed by atoms with E-state index >= 15 is 0 Å². The number of Topliss-reactive ketones (excluding diaryl/α,β-unsaturated/α-hetero) is 1. The molecule has 2 aromatic rings. The van der Waals surface area contributed by atoms with Crippen LogP contribution < -0.4 is 9.47 Å². The number of hydrogen-bond acceptors (Lipinski definition) is 7. The number of hydrogen-bond donors (Lipinski definition) is 1. The van der Waals surface area contributed by atoms with Gasteiger partial charge in [0.15, 0.2) is 11.5 Å². The smallest absolute Gasteiger partial charge is 0.295 e. The molecular weight excluding hydrogens is 430 g/mol. The standard InChI is InChI=1S/C24H27NO6S/c1-14(2)29-9-4-8-25-20(23-15(3)7-12-32-23)19(22(27)24(25)28)21(26)16-5-6-17-18(13-16)31-11-10-30-17/h5-7,12-14,20,26H,4,8-11H2,1-3H3/b21-19-. The second-order valence-corrected chi connectivity index (χ2v) is 9.04. The third-order valence-corrected chi connectivity index (χ3v) is 6.57. The van der Waals surface area contributed by atoms with E-state index in [-0.39, 0.29) is 17.4 Å². The van der Waals surface area contributed by atoms with Crippen molar-refractivity contribution in [3.05, 3.63) is 51.2 Å². The normalized spacial score (nSPS) is 19.8. The van der Waals surface area contributed by atoms with Gasteiger partial charge in [0.1, 0.15) is 19.0 Å². The molecule has 0 aliphatic carbocycles. The van der Waals surface area contributed by atoms with Crippen LogP contribution in [0.3, 0.4) is 0 Å². The maximum atomic E-state index is 13.1. The number of carbonyl (C=O) groups is 2. The molecule has 1 fully saturated rings. The highest BCUT2D eigenvalue weighted by Gasteiger charge is 2.46. The first kappa shape index (κ1) is 22.4. The lowest BCUT2D eigenvalue weighted by Crippen LogP contribution is -2.31. The van der Waals surface area contributed by atoms with E-state index in [1.165, 1.54) is 11.3 Å². The number of thiophene rings is 1. The molecule has 1 saturated heterocycles. The Hall–Kier alpha value is -2.84. The molecule has 0 saturated carbocycles. The van der Waals surface area contributed by atoms with Gasteiger partial charge in [0, 0.05) is 23.6 Å². The van der Waals surface area contributed by atoms with Crippen LogP contribution in [0, 0.1) is 6.92 Å². The maximum Gasteiger partial charge on any atom is 0.295 e. The number of carbonyl (C=O) groups excluding carboxylic acids is 2. The summed E-state index contributed by atoms with van der Waals surface area (Å²) < 4.78 is 16.8. The van der Waals surface area contributed by atoms with E-state index in [4.69, 9.17) is 14.2 Å². The lowest BCUT2D eigenvalue weighted by atomic mass is 9.98. The van der Waals surface area contributed by atoms with Crippen LogP contribution in [0.1, 0.15) is 42.3 Å². The van der Waals surface area contributed by atoms with Crippen molar-refractivity contribution in [3.8, 4) is 11.5 Å². The van der Waals surface area contributed by atoms with E-state index in [0.29, 0.717) is 49.8 Å². The summed E-state index contributed by atoms with van der Waals surface area (Å²) in [5.74, 6) is -0.404. The molecule has 1 atom stereocenters. The first-order valence-corrected chi connectivity index (χ1v) is 11.6. The van der Waals surface area contributed by atoms with Gasteiger partial charge < -0.3 is 24.2 Å². The van der Waals surface area contributed by atoms with Crippen LogP contribution in [-0.4, -0.2) is 54.2 Å². The number of likely N-dealkylation sites (tertiary alicyclic amines) is 1. The van der Waals surface area contributed by atoms with Gasteiger partial charge in [-0.3, -0.25) is 9.59 Å². The van der Waals surface area contributed by atoms with Crippen molar-refractivity contribution in [3.63, 3.8) is 0 Å². The monoisotopic (exact) mass is 457 g/mol. The number of amides is 1. The summed E-state index contributed by atoms with van der Waals surface area (Å²) in [7, 11) is 0. The lowest BCUT2D eigenvalue weighted by Gasteiger charge is -2.25. The Morgan fingerprint density at radius 1 is 1.22 bits per heavy atom. The summed E-state index contributed by atoms with van der Waals surface area (Å²) in [6, 6.07) is 6.33. The highest BCUT2D eigenvalue weighted by atomic mass is 32.1. The van der Waals surface area contributed by atoms with Gasteiger partial charge in [0.2, 0.25) is 0 Å². The van der Waals surface area contributed by atoms with Crippen molar-refractivity contribution in [2.45, 2.75) is 39.3 Å². The van der Waals surface area contributed by atoms with Gasteiger partial charge in [-0.15, -0.1) is 11.3 Å². The van der Waals surface area contributed by atoms with Gasteiger partial charge in [0.25, 0.3) is 11.7 Å². The van der Waals surface area contributed by atoms with Crippen molar-refractivity contribution >= 4 is 28.8 Å². The highest BCUT2D eigenvalue weighted by molar-refractivity contribution is 7.10. The molecule has 1 N–H and O–H groups in total. The van der Waals surface area contributed by atoms with E-state index in [0.717, 1.165) is 10.4 Å². The van der Waals surface area contributed by atoms with E-state index in [2.05, 4.69) is 0 Å². The third-order valence-electron chi connectivity index (χ3n) is 5.50. The van der Waals surface area contributed by atoms with Gasteiger partial charge >= 0.3 is 0 Å². The number of aliphatic hydroxyl groups excluding tert-OH is 1. The molecule has 1 aromatic heterocycles. The lowest BCUT2D eigenvalue weighted by molar-refractivity contribution is -0.140. The van der Waals surface area contributed by atoms with Crippen molar-refractivity contribution in [2.24, 2.45) is 0 Å². The minimum Gasteiger partial charge on any atom is -0.507 e. The summed E-state index contributed by atoms with van der Waals surface area (Å²) in [6.45, 7) is 7.56. The molecule has 3 heterocycles. The highest BCUT2D eigenvalue weighted by Crippen LogP contribution is 2.43. The first-order valence-electron chi connectivity index (χ1n) is 10.7. The molecule has 170 valence electrons. The van der Waals surface area contributed by atoms with E-state index < -0.39 is 17.7 Å². The van der Waals surface area contributed by atoms with Crippen molar-refractivity contribution < 1.29 is 28.9 Å². The molecule has 1 aromatic carbocycles. The van der Waals surface area contributed by atoms with Crippen LogP contribution in [0.2, 0.25) is 0 Å². The molecule has 2 aliphatic heterocycles. The number of nitrogens with zero attached hydrogens (tertiary/aromatic N) is 1. The second kappa shape index (κ2) is 9.34. The van der Waals surface area contributed by atoms with Crippen LogP contribution in [0.4, 0.5) is 0 Å². The Morgan fingerprint density at radius 3 is 2.66 bits per heavy atom. The quantitative estimate of drug-likeness (QED) is 0.292. The zero-order chi connectivity index (χ0) is 22.8. The average molecular weight is 458 g/mol. The van der Waals surface area contributed by atoms with Crippen molar-refractivity contribution in [2.75, 3.05) is 26.4 Å². The Morgan fingerprint density at radius 2 is 1.97 bits per heavy atom. The largest absolute Gasteiger partial charge is 0.507 e. The number of aryl methyl sites for hydroxylation is 1. The van der Waals surface area contributed by atoms with E-state index in [9.17, 15) is 14.7 Å². The summed E-state index contributed by atoms with van der Waals surface area (Å²) in [5.41, 5.74) is 1.48. The molecule has 4 rings (SSSR count). The van der Waals surface area contributed by atoms with Gasteiger partial charge in [-0.2, -0.15) is 0 Å². The van der Waals surface area contributed by atoms with Crippen LogP contribution >= 0.6 is 11.3 Å². The van der Waals surface area contributed by atoms with Gasteiger partial charge in [0.05, 0.1) is 17.7 Å². The molecule has 32 heavy (non-hydrogen) atoms. The van der Waals surface area contributed by atoms with Gasteiger partial charge in [-0.25, -0.2) is 0 Å². The number of benzene rings is 1. The molecule has 0 spiro atoms. The minimum atomic E-state index is -0.681. The Bertz CT molecular complexity index is 1060. The minimum absolute atomic E-state index is 0.0935. The topological polar surface area (TPSA) is 85.3 Å². The van der Waals surface area contributed by atoms with Crippen LogP contribution in [-0.2, 0) is 14.3 Å². The summed E-state index contributed by atoms with van der Waals surface area (Å²) >= 11 is 1.47. The molecule has 7 nitrogen and oxygen atoms in total. The van der Waals surface area contributed by atoms with Crippen LogP contribution in [0.5, 0.6) is 11.5 Å². The predicted molar refractivity (Wildman–Crippen MR) is 121 cm³/mol. The Labute approximate surface area is 191 Å².